The number of alkyl carbamates (subject to hydrolysis) is 1. The van der Waals surface area contributed by atoms with Gasteiger partial charge in [-0.1, -0.05) is 0 Å². The fourth-order valence-electron chi connectivity index (χ4n) is 2.87. The molecule has 11 nitrogen and oxygen atoms in total. The van der Waals surface area contributed by atoms with E-state index in [9.17, 15) is 19.7 Å². The number of rotatable bonds is 7. The zero-order valence-corrected chi connectivity index (χ0v) is 20.9. The summed E-state index contributed by atoms with van der Waals surface area (Å²) >= 11 is 0. The lowest BCUT2D eigenvalue weighted by Gasteiger charge is -2.27. The van der Waals surface area contributed by atoms with Crippen molar-refractivity contribution in [2.75, 3.05) is 13.3 Å². The van der Waals surface area contributed by atoms with E-state index in [0.717, 1.165) is 0 Å². The molecule has 1 aliphatic heterocycles. The molecule has 2 N–H and O–H groups in total. The minimum atomic E-state index is -1.08. The Morgan fingerprint density at radius 2 is 1.64 bits per heavy atom. The topological polar surface area (TPSA) is 138 Å². The minimum Gasteiger partial charge on any atom is -0.458 e. The van der Waals surface area contributed by atoms with E-state index in [1.165, 1.54) is 12.1 Å². The van der Waals surface area contributed by atoms with Crippen LogP contribution >= 0.6 is 13.5 Å². The Morgan fingerprint density at radius 3 is 2.15 bits per heavy atom. The molecule has 33 heavy (non-hydrogen) atoms. The molecular formula is C21H33N3O8S. The fraction of sp³-hybridized carbons (Fsp3) is 0.619. The van der Waals surface area contributed by atoms with Gasteiger partial charge in [0.25, 0.3) is 5.69 Å². The highest BCUT2D eigenvalue weighted by Gasteiger charge is 2.31. The number of nitrogens with zero attached hydrogens (tertiary/aromatic N) is 1. The van der Waals surface area contributed by atoms with E-state index >= 15 is 0 Å². The van der Waals surface area contributed by atoms with Gasteiger partial charge in [-0.25, -0.2) is 9.59 Å². The summed E-state index contributed by atoms with van der Waals surface area (Å²) in [5.74, 6) is 0.0314. The monoisotopic (exact) mass is 487 g/mol. The Hall–Kier alpha value is -2.73. The van der Waals surface area contributed by atoms with Crippen LogP contribution in [0.5, 0.6) is 11.5 Å². The molecule has 1 aromatic rings. The van der Waals surface area contributed by atoms with Crippen LogP contribution in [0.3, 0.4) is 0 Å². The molecule has 1 unspecified atom stereocenters. The molecule has 0 fully saturated rings. The fourth-order valence-corrected chi connectivity index (χ4v) is 2.87. The van der Waals surface area contributed by atoms with Gasteiger partial charge in [0.1, 0.15) is 17.2 Å². The molecule has 0 radical (unpaired) electrons. The lowest BCUT2D eigenvalue weighted by molar-refractivity contribution is -0.385. The SMILES string of the molecule is CC(NC[C@H](NC(=O)OC(C)(C)C)C(=O)OC(C)(C)C)c1cc2c(cc1[N+](=O)[O-])OCO2.S. The first-order chi connectivity index (χ1) is 14.7. The second-order valence-corrected chi connectivity index (χ2v) is 9.38. The van der Waals surface area contributed by atoms with Crippen LogP contribution < -0.4 is 20.1 Å². The summed E-state index contributed by atoms with van der Waals surface area (Å²) < 4.78 is 21.2. The van der Waals surface area contributed by atoms with Crippen LogP contribution in [0, 0.1) is 10.1 Å². The number of carbonyl (C=O) groups is 2. The van der Waals surface area contributed by atoms with E-state index in [1.807, 2.05) is 0 Å². The first-order valence-electron chi connectivity index (χ1n) is 10.2. The van der Waals surface area contributed by atoms with Crippen molar-refractivity contribution in [2.24, 2.45) is 0 Å². The Labute approximate surface area is 200 Å². The van der Waals surface area contributed by atoms with E-state index < -0.39 is 40.3 Å². The molecular weight excluding hydrogens is 454 g/mol. The van der Waals surface area contributed by atoms with Crippen LogP contribution in [-0.2, 0) is 14.3 Å². The van der Waals surface area contributed by atoms with E-state index in [2.05, 4.69) is 10.6 Å². The van der Waals surface area contributed by atoms with Crippen LogP contribution in [0.1, 0.15) is 60.1 Å². The first-order valence-corrected chi connectivity index (χ1v) is 10.2. The zero-order valence-electron chi connectivity index (χ0n) is 19.9. The molecule has 0 saturated carbocycles. The van der Waals surface area contributed by atoms with Crippen LogP contribution in [-0.4, -0.2) is 47.6 Å². The van der Waals surface area contributed by atoms with Gasteiger partial charge in [0.05, 0.1) is 16.6 Å². The van der Waals surface area contributed by atoms with Crippen molar-refractivity contribution in [3.05, 3.63) is 27.8 Å². The second-order valence-electron chi connectivity index (χ2n) is 9.38. The van der Waals surface area contributed by atoms with Gasteiger partial charge in [-0.05, 0) is 54.5 Å². The number of amides is 1. The summed E-state index contributed by atoms with van der Waals surface area (Å²) in [6.07, 6.45) is -0.781. The smallest absolute Gasteiger partial charge is 0.408 e. The van der Waals surface area contributed by atoms with Crippen LogP contribution in [0.15, 0.2) is 12.1 Å². The number of nitrogens with one attached hydrogen (secondary N) is 2. The number of carbonyl (C=O) groups excluding carboxylic acids is 2. The van der Waals surface area contributed by atoms with Crippen molar-refractivity contribution < 1.29 is 33.5 Å². The average molecular weight is 488 g/mol. The number of esters is 1. The van der Waals surface area contributed by atoms with Crippen molar-refractivity contribution in [1.82, 2.24) is 10.6 Å². The van der Waals surface area contributed by atoms with E-state index in [0.29, 0.717) is 17.1 Å². The van der Waals surface area contributed by atoms with Gasteiger partial charge in [0.15, 0.2) is 11.5 Å². The molecule has 1 amide bonds. The summed E-state index contributed by atoms with van der Waals surface area (Å²) in [6.45, 7) is 11.9. The molecule has 0 aromatic heterocycles. The highest BCUT2D eigenvalue weighted by molar-refractivity contribution is 7.59. The highest BCUT2D eigenvalue weighted by Crippen LogP contribution is 2.40. The third-order valence-electron chi connectivity index (χ3n) is 4.20. The zero-order chi connectivity index (χ0) is 24.3. The van der Waals surface area contributed by atoms with E-state index in [1.54, 1.807) is 48.5 Å². The van der Waals surface area contributed by atoms with Crippen LogP contribution in [0.4, 0.5) is 10.5 Å². The van der Waals surface area contributed by atoms with Gasteiger partial charge >= 0.3 is 12.1 Å². The van der Waals surface area contributed by atoms with Crippen molar-refractivity contribution in [2.45, 2.75) is 71.8 Å². The highest BCUT2D eigenvalue weighted by atomic mass is 32.1. The Bertz CT molecular complexity index is 879. The van der Waals surface area contributed by atoms with Crippen molar-refractivity contribution in [1.29, 1.82) is 0 Å². The lowest BCUT2D eigenvalue weighted by Crippen LogP contribution is -2.51. The van der Waals surface area contributed by atoms with Crippen molar-refractivity contribution in [3.63, 3.8) is 0 Å². The summed E-state index contributed by atoms with van der Waals surface area (Å²) in [6, 6.07) is 1.19. The Balaban J connectivity index is 0.00000544. The molecule has 0 bridgehead atoms. The third kappa shape index (κ3) is 8.61. The maximum Gasteiger partial charge on any atom is 0.408 e. The molecule has 12 heteroatoms. The third-order valence-corrected chi connectivity index (χ3v) is 4.20. The molecule has 186 valence electrons. The number of ether oxygens (including phenoxy) is 4. The summed E-state index contributed by atoms with van der Waals surface area (Å²) in [7, 11) is 0. The predicted octanol–water partition coefficient (Wildman–Crippen LogP) is 3.32. The number of benzene rings is 1. The largest absolute Gasteiger partial charge is 0.458 e. The van der Waals surface area contributed by atoms with Crippen LogP contribution in [0.25, 0.3) is 0 Å². The van der Waals surface area contributed by atoms with Gasteiger partial charge in [-0.3, -0.25) is 10.1 Å². The van der Waals surface area contributed by atoms with Crippen LogP contribution in [0.2, 0.25) is 0 Å². The lowest BCUT2D eigenvalue weighted by atomic mass is 10.0. The van der Waals surface area contributed by atoms with Crippen molar-refractivity contribution in [3.8, 4) is 11.5 Å². The average Bonchev–Trinajstić information content (AvgIpc) is 3.08. The summed E-state index contributed by atoms with van der Waals surface area (Å²) in [5.41, 5.74) is -1.33. The molecule has 1 heterocycles. The van der Waals surface area contributed by atoms with Crippen molar-refractivity contribution >= 4 is 31.2 Å². The molecule has 2 rings (SSSR count). The minimum absolute atomic E-state index is 0. The molecule has 2 atom stereocenters. The second kappa shape index (κ2) is 10.9. The first kappa shape index (κ1) is 28.3. The van der Waals surface area contributed by atoms with Gasteiger partial charge in [-0.15, -0.1) is 0 Å². The number of hydrogen-bond donors (Lipinski definition) is 2. The summed E-state index contributed by atoms with van der Waals surface area (Å²) in [5, 5.41) is 17.1. The van der Waals surface area contributed by atoms with Gasteiger partial charge in [0, 0.05) is 12.6 Å². The molecule has 0 spiro atoms. The number of nitro benzene ring substituents is 1. The number of hydrogen-bond acceptors (Lipinski definition) is 9. The van der Waals surface area contributed by atoms with Gasteiger partial charge < -0.3 is 29.6 Å². The number of fused-ring (bicyclic) bond motifs is 1. The maximum absolute atomic E-state index is 12.7. The normalized spacial score (nSPS) is 14.5. The molecule has 0 saturated heterocycles. The number of nitro groups is 1. The quantitative estimate of drug-likeness (QED) is 0.337. The Morgan fingerprint density at radius 1 is 1.09 bits per heavy atom. The molecule has 0 aliphatic carbocycles. The molecule has 1 aromatic carbocycles. The van der Waals surface area contributed by atoms with Gasteiger partial charge in [0.2, 0.25) is 6.79 Å². The molecule has 1 aliphatic rings. The van der Waals surface area contributed by atoms with E-state index in [-0.39, 0.29) is 32.5 Å². The van der Waals surface area contributed by atoms with Gasteiger partial charge in [-0.2, -0.15) is 13.5 Å². The maximum atomic E-state index is 12.7. The van der Waals surface area contributed by atoms with E-state index in [4.69, 9.17) is 18.9 Å². The summed E-state index contributed by atoms with van der Waals surface area (Å²) in [4.78, 5) is 35.9. The predicted molar refractivity (Wildman–Crippen MR) is 125 cm³/mol. The standard InChI is InChI=1S/C21H31N3O8.H2S/c1-12(13-8-16-17(30-11-29-16)9-15(13)24(27)28)22-10-14(18(25)31-20(2,3)4)23-19(26)32-21(5,6)7;/h8-9,12,14,22H,10-11H2,1-7H3,(H,23,26);1H2/t12?,14-;/m0./s1. The Kier molecular flexibility index (Phi) is 9.37.